The first-order valence-corrected chi connectivity index (χ1v) is 9.37. The maximum absolute atomic E-state index is 12.9. The van der Waals surface area contributed by atoms with E-state index < -0.39 is 16.0 Å². The zero-order valence-electron chi connectivity index (χ0n) is 13.0. The van der Waals surface area contributed by atoms with Crippen molar-refractivity contribution in [3.05, 3.63) is 30.1 Å². The van der Waals surface area contributed by atoms with Crippen LogP contribution >= 0.6 is 0 Å². The quantitative estimate of drug-likeness (QED) is 0.543. The van der Waals surface area contributed by atoms with E-state index >= 15 is 0 Å². The Morgan fingerprint density at radius 3 is 2.91 bits per heavy atom. The number of aromatic nitrogens is 2. The van der Waals surface area contributed by atoms with Crippen LogP contribution < -0.4 is 0 Å². The molecule has 1 atom stereocenters. The minimum atomic E-state index is -4.44. The van der Waals surface area contributed by atoms with Crippen LogP contribution in [0.5, 0.6) is 0 Å². The van der Waals surface area contributed by atoms with E-state index in [0.29, 0.717) is 6.54 Å². The van der Waals surface area contributed by atoms with Gasteiger partial charge in [0.2, 0.25) is 0 Å². The van der Waals surface area contributed by atoms with Crippen LogP contribution in [-0.2, 0) is 23.3 Å². The molecular weight excluding hydrogens is 305 g/mol. The first-order chi connectivity index (χ1) is 10.5. The van der Waals surface area contributed by atoms with Gasteiger partial charge in [-0.1, -0.05) is 19.1 Å². The molecule has 1 heterocycles. The lowest BCUT2D eigenvalue weighted by atomic mass is 10.00. The first-order valence-electron chi connectivity index (χ1n) is 7.81. The number of nitrogens with zero attached hydrogens (tertiary/aromatic N) is 3. The van der Waals surface area contributed by atoms with E-state index in [-0.39, 0.29) is 12.6 Å². The monoisotopic (exact) mass is 329 g/mol. The molecule has 1 aromatic heterocycles. The molecule has 0 bridgehead atoms. The average Bonchev–Trinajstić information content (AvgIpc) is 2.91. The highest BCUT2D eigenvalue weighted by molar-refractivity contribution is 7.86. The van der Waals surface area contributed by atoms with Crippen molar-refractivity contribution in [2.75, 3.05) is 12.3 Å². The number of rotatable bonds is 8. The Morgan fingerprint density at radius 2 is 2.27 bits per heavy atom. The van der Waals surface area contributed by atoms with Crippen LogP contribution in [0.4, 0.5) is 3.89 Å². The van der Waals surface area contributed by atoms with Gasteiger partial charge in [0, 0.05) is 31.9 Å². The molecule has 0 N–H and O–H groups in total. The van der Waals surface area contributed by atoms with Crippen molar-refractivity contribution in [2.45, 2.75) is 51.7 Å². The second kappa shape index (κ2) is 7.87. The van der Waals surface area contributed by atoms with Crippen molar-refractivity contribution in [1.29, 1.82) is 0 Å². The largest absolute Gasteiger partial charge is 0.303 e. The van der Waals surface area contributed by atoms with Crippen molar-refractivity contribution in [3.63, 3.8) is 0 Å². The summed E-state index contributed by atoms with van der Waals surface area (Å²) in [6.07, 6.45) is 9.85. The van der Waals surface area contributed by atoms with Gasteiger partial charge < -0.3 is 0 Å². The Bertz CT molecular complexity index is 598. The molecule has 5 nitrogen and oxygen atoms in total. The molecule has 0 fully saturated rings. The molecule has 0 saturated carbocycles. The summed E-state index contributed by atoms with van der Waals surface area (Å²) < 4.78 is 36.6. The van der Waals surface area contributed by atoms with Crippen molar-refractivity contribution in [1.82, 2.24) is 14.7 Å². The van der Waals surface area contributed by atoms with E-state index in [1.807, 2.05) is 10.7 Å². The molecule has 22 heavy (non-hydrogen) atoms. The Kier molecular flexibility index (Phi) is 6.14. The van der Waals surface area contributed by atoms with Crippen LogP contribution in [-0.4, -0.2) is 41.4 Å². The number of halogens is 1. The maximum Gasteiger partial charge on any atom is 0.303 e. The summed E-state index contributed by atoms with van der Waals surface area (Å²) in [5.41, 5.74) is 1.05. The molecule has 0 spiro atoms. The summed E-state index contributed by atoms with van der Waals surface area (Å²) in [7, 11) is -4.44. The molecule has 1 aliphatic rings. The van der Waals surface area contributed by atoms with E-state index in [1.54, 1.807) is 6.20 Å². The molecule has 2 rings (SSSR count). The van der Waals surface area contributed by atoms with Gasteiger partial charge in [-0.15, -0.1) is 3.89 Å². The van der Waals surface area contributed by atoms with Crippen molar-refractivity contribution in [3.8, 4) is 0 Å². The predicted octanol–water partition coefficient (Wildman–Crippen LogP) is 2.50. The summed E-state index contributed by atoms with van der Waals surface area (Å²) in [5, 5.41) is 4.30. The van der Waals surface area contributed by atoms with Crippen LogP contribution in [0.2, 0.25) is 0 Å². The van der Waals surface area contributed by atoms with Gasteiger partial charge in [0.15, 0.2) is 0 Å². The zero-order chi connectivity index (χ0) is 16.0. The van der Waals surface area contributed by atoms with Crippen molar-refractivity contribution >= 4 is 10.2 Å². The third kappa shape index (κ3) is 5.21. The number of aryl methyl sites for hydroxylation is 1. The van der Waals surface area contributed by atoms with Gasteiger partial charge in [0.1, 0.15) is 0 Å². The van der Waals surface area contributed by atoms with Crippen molar-refractivity contribution in [2.24, 2.45) is 0 Å². The van der Waals surface area contributed by atoms with E-state index in [0.717, 1.165) is 37.9 Å². The predicted molar refractivity (Wildman–Crippen MR) is 84.6 cm³/mol. The van der Waals surface area contributed by atoms with Crippen LogP contribution in [0.1, 0.15) is 38.3 Å². The van der Waals surface area contributed by atoms with Gasteiger partial charge >= 0.3 is 10.2 Å². The van der Waals surface area contributed by atoms with Crippen molar-refractivity contribution < 1.29 is 12.3 Å². The summed E-state index contributed by atoms with van der Waals surface area (Å²) in [5.74, 6) is -0.449. The number of allylic oxidation sites excluding steroid dienone is 1. The molecule has 124 valence electrons. The minimum Gasteiger partial charge on any atom is -0.293 e. The smallest absolute Gasteiger partial charge is 0.293 e. The third-order valence-corrected chi connectivity index (χ3v) is 4.66. The second-order valence-corrected chi connectivity index (χ2v) is 7.18. The molecule has 0 amide bonds. The molecule has 0 saturated heterocycles. The standard InChI is InChI=1S/C15H24FN3O2S/c1-2-10-19-15(8-9-17-19)13-18(11-12-22(16,20)21)14-6-4-3-5-7-14/h3-4,8-9,14H,2,5-7,10-13H2,1H3. The highest BCUT2D eigenvalue weighted by Gasteiger charge is 2.22. The fourth-order valence-electron chi connectivity index (χ4n) is 2.84. The summed E-state index contributed by atoms with van der Waals surface area (Å²) in [6, 6.07) is 2.21. The van der Waals surface area contributed by atoms with Gasteiger partial charge in [-0.2, -0.15) is 13.5 Å². The van der Waals surface area contributed by atoms with Gasteiger partial charge in [-0.05, 0) is 31.7 Å². The average molecular weight is 329 g/mol. The Labute approximate surface area is 132 Å². The topological polar surface area (TPSA) is 55.2 Å². The molecule has 0 aliphatic heterocycles. The van der Waals surface area contributed by atoms with Gasteiger partial charge in [0.05, 0.1) is 11.4 Å². The normalized spacial score (nSPS) is 19.0. The molecular formula is C15H24FN3O2S. The number of hydrogen-bond acceptors (Lipinski definition) is 4. The minimum absolute atomic E-state index is 0.217. The summed E-state index contributed by atoms with van der Waals surface area (Å²) in [4.78, 5) is 2.07. The van der Waals surface area contributed by atoms with E-state index in [4.69, 9.17) is 0 Å². The van der Waals surface area contributed by atoms with Gasteiger partial charge in [-0.25, -0.2) is 0 Å². The Morgan fingerprint density at radius 1 is 1.45 bits per heavy atom. The Balaban J connectivity index is 2.08. The van der Waals surface area contributed by atoms with E-state index in [1.165, 1.54) is 0 Å². The second-order valence-electron chi connectivity index (χ2n) is 5.70. The zero-order valence-corrected chi connectivity index (χ0v) is 13.8. The molecule has 0 radical (unpaired) electrons. The number of hydrogen-bond donors (Lipinski definition) is 0. The van der Waals surface area contributed by atoms with E-state index in [9.17, 15) is 12.3 Å². The van der Waals surface area contributed by atoms with Crippen LogP contribution in [0.3, 0.4) is 0 Å². The maximum atomic E-state index is 12.9. The fourth-order valence-corrected chi connectivity index (χ4v) is 3.29. The van der Waals surface area contributed by atoms with E-state index in [2.05, 4.69) is 29.1 Å². The molecule has 1 aliphatic carbocycles. The molecule has 1 unspecified atom stereocenters. The lowest BCUT2D eigenvalue weighted by Crippen LogP contribution is -2.38. The third-order valence-electron chi connectivity index (χ3n) is 3.99. The highest BCUT2D eigenvalue weighted by atomic mass is 32.3. The van der Waals surface area contributed by atoms with Crippen LogP contribution in [0.25, 0.3) is 0 Å². The Hall–Kier alpha value is -1.21. The summed E-state index contributed by atoms with van der Waals surface area (Å²) in [6.45, 7) is 3.75. The highest BCUT2D eigenvalue weighted by Crippen LogP contribution is 2.20. The molecule has 0 aromatic carbocycles. The van der Waals surface area contributed by atoms with Crippen LogP contribution in [0.15, 0.2) is 24.4 Å². The molecule has 1 aromatic rings. The van der Waals surface area contributed by atoms with Gasteiger partial charge in [-0.3, -0.25) is 9.58 Å². The molecule has 7 heteroatoms. The fraction of sp³-hybridized carbons (Fsp3) is 0.667. The SMILES string of the molecule is CCCn1nccc1CN(CCS(=O)(=O)F)C1CC=CCC1. The summed E-state index contributed by atoms with van der Waals surface area (Å²) >= 11 is 0. The van der Waals surface area contributed by atoms with Crippen LogP contribution in [0, 0.1) is 0 Å². The first kappa shape index (κ1) is 17.1. The van der Waals surface area contributed by atoms with Gasteiger partial charge in [0.25, 0.3) is 0 Å². The lowest BCUT2D eigenvalue weighted by molar-refractivity contribution is 0.180. The lowest BCUT2D eigenvalue weighted by Gasteiger charge is -2.32.